The Morgan fingerprint density at radius 3 is 2.67 bits per heavy atom. The van der Waals surface area contributed by atoms with Crippen molar-refractivity contribution in [2.24, 2.45) is 0 Å². The van der Waals surface area contributed by atoms with E-state index >= 15 is 0 Å². The minimum absolute atomic E-state index is 0.0213. The van der Waals surface area contributed by atoms with Crippen LogP contribution in [0.25, 0.3) is 33.1 Å². The van der Waals surface area contributed by atoms with E-state index < -0.39 is 10.0 Å². The quantitative estimate of drug-likeness (QED) is 0.285. The Hall–Kier alpha value is -4.29. The molecule has 0 atom stereocenters. The molecule has 2 aromatic carbocycles. The number of nitrogens with one attached hydrogen (secondary N) is 2. The van der Waals surface area contributed by atoms with Crippen molar-refractivity contribution in [3.05, 3.63) is 61.1 Å². The van der Waals surface area contributed by atoms with Gasteiger partial charge in [0.25, 0.3) is 0 Å². The summed E-state index contributed by atoms with van der Waals surface area (Å²) in [6, 6.07) is 12.8. The highest BCUT2D eigenvalue weighted by Gasteiger charge is 2.19. The molecule has 1 amide bonds. The third-order valence-corrected chi connectivity index (χ3v) is 7.96. The summed E-state index contributed by atoms with van der Waals surface area (Å²) in [5.41, 5.74) is 3.99. The third kappa shape index (κ3) is 5.33. The summed E-state index contributed by atoms with van der Waals surface area (Å²) in [6.45, 7) is 4.55. The Labute approximate surface area is 226 Å². The molecule has 0 radical (unpaired) electrons. The average Bonchev–Trinajstić information content (AvgIpc) is 3.49. The zero-order valence-corrected chi connectivity index (χ0v) is 23.0. The van der Waals surface area contributed by atoms with Crippen LogP contribution in [0.2, 0.25) is 0 Å². The van der Waals surface area contributed by atoms with Crippen LogP contribution in [0.5, 0.6) is 0 Å². The fourth-order valence-corrected chi connectivity index (χ4v) is 5.48. The van der Waals surface area contributed by atoms with E-state index in [0.717, 1.165) is 22.8 Å². The summed E-state index contributed by atoms with van der Waals surface area (Å²) in [6.07, 6.45) is 5.00. The van der Waals surface area contributed by atoms with Crippen molar-refractivity contribution >= 4 is 55.1 Å². The second kappa shape index (κ2) is 10.5. The zero-order valence-electron chi connectivity index (χ0n) is 22.2. The standard InChI is InChI=1S/C27H30N8O3S/c1-5-39(37,38)35-17-22(21-8-6-7-9-25(21)35)23-10-11-28-27(32-23)31-20-14-19-16-29-34(13-12-33(3)4)26(19)24(15-20)30-18(2)36/h6-11,14-17H,5,12-13H2,1-4H3,(H,30,36)(H,28,31,32). The van der Waals surface area contributed by atoms with Crippen molar-refractivity contribution in [3.8, 4) is 11.3 Å². The van der Waals surface area contributed by atoms with Crippen molar-refractivity contribution in [2.75, 3.05) is 37.0 Å². The summed E-state index contributed by atoms with van der Waals surface area (Å²) in [5, 5.41) is 12.3. The van der Waals surface area contributed by atoms with Gasteiger partial charge in [-0.1, -0.05) is 18.2 Å². The van der Waals surface area contributed by atoms with Gasteiger partial charge in [0.05, 0.1) is 40.9 Å². The van der Waals surface area contributed by atoms with Crippen LogP contribution in [0.1, 0.15) is 13.8 Å². The number of carbonyl (C=O) groups is 1. The molecule has 0 aliphatic rings. The first-order valence-electron chi connectivity index (χ1n) is 12.5. The zero-order chi connectivity index (χ0) is 27.7. The van der Waals surface area contributed by atoms with Gasteiger partial charge in [-0.15, -0.1) is 0 Å². The molecule has 11 nitrogen and oxygen atoms in total. The number of benzene rings is 2. The van der Waals surface area contributed by atoms with Crippen LogP contribution >= 0.6 is 0 Å². The Bertz CT molecular complexity index is 1790. The summed E-state index contributed by atoms with van der Waals surface area (Å²) < 4.78 is 28.7. The highest BCUT2D eigenvalue weighted by Crippen LogP contribution is 2.32. The van der Waals surface area contributed by atoms with Crippen molar-refractivity contribution in [1.82, 2.24) is 28.6 Å². The number of nitrogens with zero attached hydrogens (tertiary/aromatic N) is 6. The van der Waals surface area contributed by atoms with Gasteiger partial charge in [0, 0.05) is 47.9 Å². The minimum Gasteiger partial charge on any atom is -0.324 e. The van der Waals surface area contributed by atoms with Crippen LogP contribution in [0.3, 0.4) is 0 Å². The lowest BCUT2D eigenvalue weighted by molar-refractivity contribution is -0.114. The number of para-hydroxylation sites is 1. The monoisotopic (exact) mass is 546 g/mol. The lowest BCUT2D eigenvalue weighted by Gasteiger charge is -2.14. The van der Waals surface area contributed by atoms with Crippen LogP contribution in [-0.4, -0.2) is 69.3 Å². The third-order valence-electron chi connectivity index (χ3n) is 6.33. The number of anilines is 3. The Morgan fingerprint density at radius 2 is 1.92 bits per heavy atom. The van der Waals surface area contributed by atoms with E-state index in [2.05, 4.69) is 25.6 Å². The number of rotatable bonds is 9. The molecular weight excluding hydrogens is 516 g/mol. The number of hydrogen-bond acceptors (Lipinski definition) is 8. The maximum absolute atomic E-state index is 12.7. The second-order valence-electron chi connectivity index (χ2n) is 9.46. The summed E-state index contributed by atoms with van der Waals surface area (Å²) in [7, 11) is 0.493. The van der Waals surface area contributed by atoms with Crippen molar-refractivity contribution < 1.29 is 13.2 Å². The molecule has 202 valence electrons. The van der Waals surface area contributed by atoms with Gasteiger partial charge in [0.1, 0.15) is 0 Å². The normalized spacial score (nSPS) is 11.9. The first kappa shape index (κ1) is 26.3. The molecule has 2 N–H and O–H groups in total. The molecule has 0 saturated heterocycles. The van der Waals surface area contributed by atoms with E-state index in [1.165, 1.54) is 10.9 Å². The van der Waals surface area contributed by atoms with Crippen LogP contribution in [0.15, 0.2) is 61.1 Å². The summed E-state index contributed by atoms with van der Waals surface area (Å²) in [4.78, 5) is 23.1. The molecule has 3 heterocycles. The largest absolute Gasteiger partial charge is 0.324 e. The van der Waals surface area contributed by atoms with E-state index in [4.69, 9.17) is 4.98 Å². The van der Waals surface area contributed by atoms with Gasteiger partial charge >= 0.3 is 0 Å². The predicted molar refractivity (Wildman–Crippen MR) is 154 cm³/mol. The smallest absolute Gasteiger partial charge is 0.238 e. The van der Waals surface area contributed by atoms with Gasteiger partial charge in [0.2, 0.25) is 21.9 Å². The lowest BCUT2D eigenvalue weighted by atomic mass is 10.1. The highest BCUT2D eigenvalue weighted by molar-refractivity contribution is 7.90. The first-order valence-corrected chi connectivity index (χ1v) is 14.1. The Balaban J connectivity index is 1.53. The number of hydrogen-bond donors (Lipinski definition) is 2. The second-order valence-corrected chi connectivity index (χ2v) is 11.6. The molecule has 0 fully saturated rings. The maximum Gasteiger partial charge on any atom is 0.238 e. The SMILES string of the molecule is CCS(=O)(=O)n1cc(-c2ccnc(Nc3cc(NC(C)=O)c4c(cnn4CCN(C)C)c3)n2)c2ccccc21. The topological polar surface area (TPSA) is 127 Å². The van der Waals surface area contributed by atoms with E-state index in [1.807, 2.05) is 49.1 Å². The molecular formula is C27H30N8O3S. The number of carbonyl (C=O) groups excluding carboxylic acids is 1. The molecule has 0 saturated carbocycles. The average molecular weight is 547 g/mol. The minimum atomic E-state index is -3.50. The number of fused-ring (bicyclic) bond motifs is 2. The first-order chi connectivity index (χ1) is 18.7. The molecule has 0 spiro atoms. The summed E-state index contributed by atoms with van der Waals surface area (Å²) in [5.74, 6) is 0.119. The maximum atomic E-state index is 12.7. The molecule has 12 heteroatoms. The van der Waals surface area contributed by atoms with Crippen LogP contribution < -0.4 is 10.6 Å². The Kier molecular flexibility index (Phi) is 7.06. The Morgan fingerprint density at radius 1 is 1.13 bits per heavy atom. The molecule has 0 unspecified atom stereocenters. The molecule has 5 aromatic rings. The van der Waals surface area contributed by atoms with Gasteiger partial charge in [-0.25, -0.2) is 22.4 Å². The van der Waals surface area contributed by atoms with Gasteiger partial charge in [0.15, 0.2) is 0 Å². The number of aromatic nitrogens is 5. The van der Waals surface area contributed by atoms with E-state index in [1.54, 1.807) is 37.6 Å². The summed E-state index contributed by atoms with van der Waals surface area (Å²) >= 11 is 0. The van der Waals surface area contributed by atoms with Crippen molar-refractivity contribution in [1.29, 1.82) is 0 Å². The fourth-order valence-electron chi connectivity index (χ4n) is 4.48. The molecule has 3 aromatic heterocycles. The van der Waals surface area contributed by atoms with E-state index in [9.17, 15) is 13.2 Å². The van der Waals surface area contributed by atoms with Crippen LogP contribution in [0.4, 0.5) is 17.3 Å². The molecule has 5 rings (SSSR count). The van der Waals surface area contributed by atoms with Crippen LogP contribution in [-0.2, 0) is 21.4 Å². The van der Waals surface area contributed by atoms with Gasteiger partial charge in [-0.2, -0.15) is 5.10 Å². The molecule has 0 aliphatic heterocycles. The molecule has 39 heavy (non-hydrogen) atoms. The lowest BCUT2D eigenvalue weighted by Crippen LogP contribution is -2.19. The van der Waals surface area contributed by atoms with E-state index in [-0.39, 0.29) is 11.7 Å². The van der Waals surface area contributed by atoms with E-state index in [0.29, 0.717) is 40.6 Å². The highest BCUT2D eigenvalue weighted by atomic mass is 32.2. The van der Waals surface area contributed by atoms with Crippen molar-refractivity contribution in [3.63, 3.8) is 0 Å². The molecule has 0 aliphatic carbocycles. The van der Waals surface area contributed by atoms with Gasteiger partial charge < -0.3 is 15.5 Å². The van der Waals surface area contributed by atoms with Crippen molar-refractivity contribution in [2.45, 2.75) is 20.4 Å². The van der Waals surface area contributed by atoms with Gasteiger partial charge in [-0.05, 0) is 45.3 Å². The number of likely N-dealkylation sites (N-methyl/N-ethyl adjacent to an activating group) is 1. The number of amides is 1. The predicted octanol–water partition coefficient (Wildman–Crippen LogP) is 3.91. The van der Waals surface area contributed by atoms with Gasteiger partial charge in [-0.3, -0.25) is 9.48 Å². The van der Waals surface area contributed by atoms with Crippen LogP contribution in [0, 0.1) is 0 Å². The molecule has 0 bridgehead atoms. The fraction of sp³-hybridized carbons (Fsp3) is 0.259.